The van der Waals surface area contributed by atoms with Crippen LogP contribution in [0.3, 0.4) is 0 Å². The zero-order valence-corrected chi connectivity index (χ0v) is 10.9. The first-order chi connectivity index (χ1) is 8.17. The molecule has 4 heteroatoms. The van der Waals surface area contributed by atoms with Crippen molar-refractivity contribution < 1.29 is 4.79 Å². The minimum atomic E-state index is 0.0811. The maximum atomic E-state index is 11.9. The van der Waals surface area contributed by atoms with E-state index in [1.807, 2.05) is 24.2 Å². The Labute approximate surface area is 103 Å². The van der Waals surface area contributed by atoms with E-state index in [0.717, 1.165) is 31.5 Å². The fourth-order valence-corrected chi connectivity index (χ4v) is 1.67. The molecule has 1 amide bonds. The number of rotatable bonds is 6. The van der Waals surface area contributed by atoms with Crippen LogP contribution in [0, 0.1) is 0 Å². The lowest BCUT2D eigenvalue weighted by atomic mass is 10.3. The minimum absolute atomic E-state index is 0.0811. The summed E-state index contributed by atoms with van der Waals surface area (Å²) in [5, 5.41) is 4.05. The van der Waals surface area contributed by atoms with Crippen LogP contribution < -0.4 is 0 Å². The van der Waals surface area contributed by atoms with Crippen molar-refractivity contribution >= 4 is 12.0 Å². The van der Waals surface area contributed by atoms with Crippen molar-refractivity contribution in [3.05, 3.63) is 24.0 Å². The molecule has 0 saturated heterocycles. The molecule has 0 aliphatic heterocycles. The summed E-state index contributed by atoms with van der Waals surface area (Å²) in [6, 6.07) is 0. The molecule has 1 rings (SSSR count). The van der Waals surface area contributed by atoms with Crippen LogP contribution in [0.4, 0.5) is 0 Å². The maximum absolute atomic E-state index is 11.9. The Hall–Kier alpha value is -1.58. The largest absolute Gasteiger partial charge is 0.339 e. The lowest BCUT2D eigenvalue weighted by Gasteiger charge is -2.19. The quantitative estimate of drug-likeness (QED) is 0.708. The van der Waals surface area contributed by atoms with Crippen LogP contribution >= 0.6 is 0 Å². The van der Waals surface area contributed by atoms with Crippen molar-refractivity contribution in [2.75, 3.05) is 13.1 Å². The van der Waals surface area contributed by atoms with Crippen molar-refractivity contribution in [1.29, 1.82) is 0 Å². The van der Waals surface area contributed by atoms with Gasteiger partial charge in [0.05, 0.1) is 6.20 Å². The zero-order valence-electron chi connectivity index (χ0n) is 10.9. The number of amides is 1. The van der Waals surface area contributed by atoms with Gasteiger partial charge in [0.25, 0.3) is 0 Å². The van der Waals surface area contributed by atoms with Crippen molar-refractivity contribution in [2.45, 2.75) is 26.7 Å². The predicted molar refractivity (Wildman–Crippen MR) is 69.4 cm³/mol. The van der Waals surface area contributed by atoms with E-state index in [1.165, 1.54) is 0 Å². The highest BCUT2D eigenvalue weighted by Crippen LogP contribution is 2.02. The lowest BCUT2D eigenvalue weighted by molar-refractivity contribution is -0.126. The van der Waals surface area contributed by atoms with Gasteiger partial charge in [-0.05, 0) is 18.9 Å². The summed E-state index contributed by atoms with van der Waals surface area (Å²) in [5.41, 5.74) is 0.953. The normalized spacial score (nSPS) is 11.0. The van der Waals surface area contributed by atoms with E-state index >= 15 is 0 Å². The van der Waals surface area contributed by atoms with E-state index in [-0.39, 0.29) is 5.91 Å². The van der Waals surface area contributed by atoms with Gasteiger partial charge in [-0.25, -0.2) is 0 Å². The van der Waals surface area contributed by atoms with E-state index in [0.29, 0.717) is 0 Å². The zero-order chi connectivity index (χ0) is 12.7. The van der Waals surface area contributed by atoms with Crippen molar-refractivity contribution in [3.8, 4) is 0 Å². The highest BCUT2D eigenvalue weighted by molar-refractivity contribution is 5.91. The fraction of sp³-hybridized carbons (Fsp3) is 0.538. The van der Waals surface area contributed by atoms with Gasteiger partial charge < -0.3 is 4.90 Å². The number of carbonyl (C=O) groups is 1. The topological polar surface area (TPSA) is 38.1 Å². The number of hydrogen-bond donors (Lipinski definition) is 0. The van der Waals surface area contributed by atoms with Gasteiger partial charge >= 0.3 is 0 Å². The minimum Gasteiger partial charge on any atom is -0.339 e. The monoisotopic (exact) mass is 235 g/mol. The van der Waals surface area contributed by atoms with Gasteiger partial charge in [0.1, 0.15) is 0 Å². The molecule has 0 radical (unpaired) electrons. The average Bonchev–Trinajstić information content (AvgIpc) is 2.72. The van der Waals surface area contributed by atoms with Crippen LogP contribution in [-0.2, 0) is 11.8 Å². The standard InChI is InChI=1S/C13H21N3O/c1-4-8-16(9-5-2)13(17)7-6-12-10-14-15(3)11-12/h6-7,10-11H,4-5,8-9H2,1-3H3. The van der Waals surface area contributed by atoms with Crippen molar-refractivity contribution in [3.63, 3.8) is 0 Å². The number of hydrogen-bond acceptors (Lipinski definition) is 2. The molecule has 1 aromatic rings. The summed E-state index contributed by atoms with van der Waals surface area (Å²) in [7, 11) is 1.86. The molecule has 0 aliphatic carbocycles. The highest BCUT2D eigenvalue weighted by atomic mass is 16.2. The predicted octanol–water partition coefficient (Wildman–Crippen LogP) is 2.08. The van der Waals surface area contributed by atoms with Crippen molar-refractivity contribution in [2.24, 2.45) is 7.05 Å². The Morgan fingerprint density at radius 1 is 1.41 bits per heavy atom. The lowest BCUT2D eigenvalue weighted by Crippen LogP contribution is -2.30. The van der Waals surface area contributed by atoms with Crippen LogP contribution in [0.15, 0.2) is 18.5 Å². The SMILES string of the molecule is CCCN(CCC)C(=O)C=Cc1cnn(C)c1. The average molecular weight is 235 g/mol. The molecule has 0 N–H and O–H groups in total. The van der Waals surface area contributed by atoms with E-state index in [2.05, 4.69) is 18.9 Å². The molecule has 4 nitrogen and oxygen atoms in total. The van der Waals surface area contributed by atoms with Crippen LogP contribution in [0.2, 0.25) is 0 Å². The van der Waals surface area contributed by atoms with Gasteiger partial charge in [0.2, 0.25) is 5.91 Å². The number of nitrogens with zero attached hydrogens (tertiary/aromatic N) is 3. The summed E-state index contributed by atoms with van der Waals surface area (Å²) in [6.07, 6.45) is 9.05. The Balaban J connectivity index is 2.59. The molecular formula is C13H21N3O. The van der Waals surface area contributed by atoms with Crippen LogP contribution in [-0.4, -0.2) is 33.7 Å². The summed E-state index contributed by atoms with van der Waals surface area (Å²) in [6.45, 7) is 5.82. The van der Waals surface area contributed by atoms with Crippen LogP contribution in [0.5, 0.6) is 0 Å². The highest BCUT2D eigenvalue weighted by Gasteiger charge is 2.07. The van der Waals surface area contributed by atoms with E-state index in [4.69, 9.17) is 0 Å². The third kappa shape index (κ3) is 4.43. The van der Waals surface area contributed by atoms with Crippen LogP contribution in [0.25, 0.3) is 6.08 Å². The van der Waals surface area contributed by atoms with Gasteiger partial charge in [-0.1, -0.05) is 13.8 Å². The molecule has 1 heterocycles. The van der Waals surface area contributed by atoms with Gasteiger partial charge in [0.15, 0.2) is 0 Å². The number of aryl methyl sites for hydroxylation is 1. The van der Waals surface area contributed by atoms with E-state index < -0.39 is 0 Å². The Morgan fingerprint density at radius 2 is 2.06 bits per heavy atom. The second-order valence-corrected chi connectivity index (χ2v) is 4.11. The maximum Gasteiger partial charge on any atom is 0.246 e. The molecule has 0 aliphatic rings. The Bertz CT molecular complexity index is 376. The summed E-state index contributed by atoms with van der Waals surface area (Å²) in [4.78, 5) is 13.8. The Kier molecular flexibility index (Phi) is 5.46. The third-order valence-corrected chi connectivity index (χ3v) is 2.44. The van der Waals surface area contributed by atoms with Gasteiger partial charge in [-0.2, -0.15) is 5.10 Å². The molecule has 0 aromatic carbocycles. The molecular weight excluding hydrogens is 214 g/mol. The fourth-order valence-electron chi connectivity index (χ4n) is 1.67. The van der Waals surface area contributed by atoms with E-state index in [9.17, 15) is 4.79 Å². The molecule has 94 valence electrons. The first kappa shape index (κ1) is 13.5. The molecule has 0 atom stereocenters. The summed E-state index contributed by atoms with van der Waals surface area (Å²) in [5.74, 6) is 0.0811. The molecule has 0 spiro atoms. The first-order valence-corrected chi connectivity index (χ1v) is 6.13. The summed E-state index contributed by atoms with van der Waals surface area (Å²) < 4.78 is 1.72. The van der Waals surface area contributed by atoms with Gasteiger partial charge in [-0.3, -0.25) is 9.48 Å². The first-order valence-electron chi connectivity index (χ1n) is 6.13. The van der Waals surface area contributed by atoms with Gasteiger partial charge in [-0.15, -0.1) is 0 Å². The number of carbonyl (C=O) groups excluding carboxylic acids is 1. The molecule has 0 bridgehead atoms. The number of aromatic nitrogens is 2. The molecule has 17 heavy (non-hydrogen) atoms. The smallest absolute Gasteiger partial charge is 0.246 e. The van der Waals surface area contributed by atoms with Gasteiger partial charge in [0, 0.05) is 38.0 Å². The second-order valence-electron chi connectivity index (χ2n) is 4.11. The molecule has 0 fully saturated rings. The second kappa shape index (κ2) is 6.89. The van der Waals surface area contributed by atoms with Crippen molar-refractivity contribution in [1.82, 2.24) is 14.7 Å². The third-order valence-electron chi connectivity index (χ3n) is 2.44. The van der Waals surface area contributed by atoms with E-state index in [1.54, 1.807) is 17.0 Å². The van der Waals surface area contributed by atoms with Crippen LogP contribution in [0.1, 0.15) is 32.3 Å². The molecule has 0 saturated carbocycles. The molecule has 1 aromatic heterocycles. The molecule has 0 unspecified atom stereocenters. The summed E-state index contributed by atoms with van der Waals surface area (Å²) >= 11 is 0. The Morgan fingerprint density at radius 3 is 2.53 bits per heavy atom.